The molecule has 8 nitrogen and oxygen atoms in total. The molecule has 1 aromatic carbocycles. The van der Waals surface area contributed by atoms with E-state index < -0.39 is 9.84 Å². The van der Waals surface area contributed by atoms with Gasteiger partial charge in [-0.2, -0.15) is 5.10 Å². The summed E-state index contributed by atoms with van der Waals surface area (Å²) in [4.78, 5) is 12.8. The van der Waals surface area contributed by atoms with Crippen LogP contribution in [0.4, 0.5) is 5.82 Å². The molecule has 2 aromatic heterocycles. The van der Waals surface area contributed by atoms with Gasteiger partial charge >= 0.3 is 0 Å². The van der Waals surface area contributed by atoms with Crippen LogP contribution in [0, 0.1) is 13.8 Å². The molecule has 4 rings (SSSR count). The lowest BCUT2D eigenvalue weighted by atomic mass is 10.1. The highest BCUT2D eigenvalue weighted by atomic mass is 32.2. The first-order valence-electron chi connectivity index (χ1n) is 9.58. The van der Waals surface area contributed by atoms with Crippen molar-refractivity contribution in [3.8, 4) is 17.0 Å². The van der Waals surface area contributed by atoms with Crippen molar-refractivity contribution in [2.75, 3.05) is 23.9 Å². The largest absolute Gasteiger partial charge is 0.497 e. The first kappa shape index (κ1) is 20.2. The van der Waals surface area contributed by atoms with Crippen LogP contribution in [0.1, 0.15) is 34.3 Å². The fourth-order valence-corrected chi connectivity index (χ4v) is 5.37. The van der Waals surface area contributed by atoms with Gasteiger partial charge in [-0.15, -0.1) is 0 Å². The van der Waals surface area contributed by atoms with Crippen molar-refractivity contribution in [3.05, 3.63) is 53.5 Å². The maximum absolute atomic E-state index is 12.8. The molecule has 158 valence electrons. The molecule has 0 radical (unpaired) electrons. The number of ether oxygens (including phenoxy) is 1. The maximum Gasteiger partial charge on any atom is 0.260 e. The Morgan fingerprint density at radius 1 is 1.23 bits per heavy atom. The van der Waals surface area contributed by atoms with Crippen molar-refractivity contribution in [2.24, 2.45) is 0 Å². The van der Waals surface area contributed by atoms with E-state index in [1.54, 1.807) is 37.8 Å². The minimum atomic E-state index is -3.11. The number of nitrogens with one attached hydrogen (secondary N) is 1. The van der Waals surface area contributed by atoms with Gasteiger partial charge in [0, 0.05) is 11.6 Å². The van der Waals surface area contributed by atoms with Gasteiger partial charge in [0.15, 0.2) is 9.84 Å². The zero-order valence-corrected chi connectivity index (χ0v) is 17.8. The fourth-order valence-electron chi connectivity index (χ4n) is 3.68. The lowest BCUT2D eigenvalue weighted by Crippen LogP contribution is -2.19. The fraction of sp³-hybridized carbons (Fsp3) is 0.333. The number of carbonyl (C=O) groups is 1. The number of benzene rings is 1. The number of nitrogens with zero attached hydrogens (tertiary/aromatic N) is 2. The van der Waals surface area contributed by atoms with E-state index in [1.165, 1.54) is 0 Å². The number of hydrogen-bond donors (Lipinski definition) is 1. The van der Waals surface area contributed by atoms with Crippen LogP contribution in [0.25, 0.3) is 11.3 Å². The number of sulfone groups is 1. The summed E-state index contributed by atoms with van der Waals surface area (Å²) >= 11 is 0. The van der Waals surface area contributed by atoms with E-state index in [-0.39, 0.29) is 23.5 Å². The third-order valence-electron chi connectivity index (χ3n) is 5.20. The van der Waals surface area contributed by atoms with Crippen molar-refractivity contribution >= 4 is 21.6 Å². The summed E-state index contributed by atoms with van der Waals surface area (Å²) in [6.45, 7) is 3.50. The third-order valence-corrected chi connectivity index (χ3v) is 6.95. The molecule has 0 bridgehead atoms. The molecule has 1 amide bonds. The van der Waals surface area contributed by atoms with Crippen LogP contribution >= 0.6 is 0 Å². The maximum atomic E-state index is 12.8. The number of furan rings is 1. The summed E-state index contributed by atoms with van der Waals surface area (Å²) in [6.07, 6.45) is 0.457. The van der Waals surface area contributed by atoms with E-state index in [4.69, 9.17) is 9.15 Å². The van der Waals surface area contributed by atoms with Gasteiger partial charge in [-0.3, -0.25) is 4.79 Å². The monoisotopic (exact) mass is 429 g/mol. The SMILES string of the molecule is COc1ccc(-c2cc(NC(=O)c3cc(C)oc3C)n(C3CCS(=O)(=O)C3)n2)cc1. The summed E-state index contributed by atoms with van der Waals surface area (Å²) in [5.74, 6) is 2.13. The van der Waals surface area contributed by atoms with E-state index in [9.17, 15) is 13.2 Å². The number of amides is 1. The van der Waals surface area contributed by atoms with Crippen LogP contribution < -0.4 is 10.1 Å². The highest BCUT2D eigenvalue weighted by molar-refractivity contribution is 7.91. The summed E-state index contributed by atoms with van der Waals surface area (Å²) < 4.78 is 36.3. The Balaban J connectivity index is 1.70. The smallest absolute Gasteiger partial charge is 0.260 e. The van der Waals surface area contributed by atoms with Gasteiger partial charge in [0.25, 0.3) is 5.91 Å². The lowest BCUT2D eigenvalue weighted by Gasteiger charge is -2.13. The number of aromatic nitrogens is 2. The van der Waals surface area contributed by atoms with E-state index in [1.807, 2.05) is 24.3 Å². The van der Waals surface area contributed by atoms with Crippen LogP contribution in [0.5, 0.6) is 5.75 Å². The second-order valence-electron chi connectivity index (χ2n) is 7.43. The highest BCUT2D eigenvalue weighted by Gasteiger charge is 2.32. The van der Waals surface area contributed by atoms with Crippen molar-refractivity contribution in [2.45, 2.75) is 26.3 Å². The van der Waals surface area contributed by atoms with Crippen LogP contribution in [-0.2, 0) is 9.84 Å². The standard InChI is InChI=1S/C21H23N3O5S/c1-13-10-18(14(2)29-13)21(25)22-20-11-19(15-4-6-17(28-3)7-5-15)23-24(20)16-8-9-30(26,27)12-16/h4-7,10-11,16H,8-9,12H2,1-3H3,(H,22,25). The molecule has 1 aliphatic rings. The Hall–Kier alpha value is -3.07. The quantitative estimate of drug-likeness (QED) is 0.667. The van der Waals surface area contributed by atoms with Crippen LogP contribution in [-0.4, -0.2) is 42.7 Å². The number of aryl methyl sites for hydroxylation is 2. The number of rotatable bonds is 5. The minimum absolute atomic E-state index is 0.00342. The molecule has 30 heavy (non-hydrogen) atoms. The van der Waals surface area contributed by atoms with E-state index in [0.717, 1.165) is 11.3 Å². The van der Waals surface area contributed by atoms with Crippen molar-refractivity contribution in [1.82, 2.24) is 9.78 Å². The van der Waals surface area contributed by atoms with Gasteiger partial charge in [0.1, 0.15) is 23.1 Å². The molecule has 3 aromatic rings. The first-order valence-corrected chi connectivity index (χ1v) is 11.4. The molecular weight excluding hydrogens is 406 g/mol. The first-order chi connectivity index (χ1) is 14.3. The third kappa shape index (κ3) is 3.97. The number of methoxy groups -OCH3 is 1. The molecule has 1 N–H and O–H groups in total. The normalized spacial score (nSPS) is 17.8. The van der Waals surface area contributed by atoms with Crippen LogP contribution in [0.15, 0.2) is 40.8 Å². The van der Waals surface area contributed by atoms with Gasteiger partial charge in [-0.1, -0.05) is 0 Å². The Kier molecular flexibility index (Phi) is 5.15. The topological polar surface area (TPSA) is 103 Å². The van der Waals surface area contributed by atoms with Crippen molar-refractivity contribution in [3.63, 3.8) is 0 Å². The molecule has 1 atom stereocenters. The number of hydrogen-bond acceptors (Lipinski definition) is 6. The van der Waals surface area contributed by atoms with Crippen molar-refractivity contribution < 1.29 is 22.4 Å². The molecule has 1 fully saturated rings. The van der Waals surface area contributed by atoms with Gasteiger partial charge in [0.2, 0.25) is 0 Å². The van der Waals surface area contributed by atoms with E-state index in [0.29, 0.717) is 35.0 Å². The second kappa shape index (κ2) is 7.64. The van der Waals surface area contributed by atoms with Gasteiger partial charge in [-0.25, -0.2) is 13.1 Å². The highest BCUT2D eigenvalue weighted by Crippen LogP contribution is 2.31. The zero-order valence-electron chi connectivity index (χ0n) is 17.0. The van der Waals surface area contributed by atoms with E-state index in [2.05, 4.69) is 10.4 Å². The Bertz CT molecular complexity index is 1190. The van der Waals surface area contributed by atoms with Crippen molar-refractivity contribution in [1.29, 1.82) is 0 Å². The summed E-state index contributed by atoms with van der Waals surface area (Å²) in [5.41, 5.74) is 1.91. The van der Waals surface area contributed by atoms with Gasteiger partial charge < -0.3 is 14.5 Å². The predicted octanol–water partition coefficient (Wildman–Crippen LogP) is 3.38. The predicted molar refractivity (Wildman–Crippen MR) is 113 cm³/mol. The van der Waals surface area contributed by atoms with Gasteiger partial charge in [0.05, 0.1) is 35.9 Å². The summed E-state index contributed by atoms with van der Waals surface area (Å²) in [7, 11) is -1.52. The summed E-state index contributed by atoms with van der Waals surface area (Å²) in [5, 5.41) is 7.51. The molecule has 0 spiro atoms. The Morgan fingerprint density at radius 3 is 2.53 bits per heavy atom. The zero-order chi connectivity index (χ0) is 21.5. The lowest BCUT2D eigenvalue weighted by molar-refractivity contribution is 0.102. The molecule has 9 heteroatoms. The minimum Gasteiger partial charge on any atom is -0.497 e. The van der Waals surface area contributed by atoms with Crippen LogP contribution in [0.2, 0.25) is 0 Å². The van der Waals surface area contributed by atoms with Gasteiger partial charge in [-0.05, 0) is 50.6 Å². The van der Waals surface area contributed by atoms with Crippen LogP contribution in [0.3, 0.4) is 0 Å². The Labute approximate surface area is 174 Å². The average molecular weight is 429 g/mol. The molecule has 3 heterocycles. The number of anilines is 1. The molecule has 0 aliphatic carbocycles. The summed E-state index contributed by atoms with van der Waals surface area (Å²) in [6, 6.07) is 10.5. The second-order valence-corrected chi connectivity index (χ2v) is 9.65. The average Bonchev–Trinajstić information content (AvgIpc) is 3.38. The molecule has 1 saturated heterocycles. The Morgan fingerprint density at radius 2 is 1.97 bits per heavy atom. The molecule has 1 aliphatic heterocycles. The number of carbonyl (C=O) groups excluding carboxylic acids is 1. The van der Waals surface area contributed by atoms with E-state index >= 15 is 0 Å². The molecule has 1 unspecified atom stereocenters. The molecular formula is C21H23N3O5S. The molecule has 0 saturated carbocycles.